The van der Waals surface area contributed by atoms with E-state index >= 15 is 0 Å². The summed E-state index contributed by atoms with van der Waals surface area (Å²) in [6, 6.07) is 0. The number of carbonyl (C=O) groups excluding carboxylic acids is 1. The van der Waals surface area contributed by atoms with Crippen LogP contribution in [-0.2, 0) is 4.79 Å². The van der Waals surface area contributed by atoms with Gasteiger partial charge in [-0.05, 0) is 12.8 Å². The third-order valence-corrected chi connectivity index (χ3v) is 0.989. The van der Waals surface area contributed by atoms with Gasteiger partial charge in [-0.1, -0.05) is 13.3 Å². The molecule has 0 aromatic carbocycles. The molecule has 0 radical (unpaired) electrons. The molecule has 1 atom stereocenters. The van der Waals surface area contributed by atoms with Gasteiger partial charge in [-0.25, -0.2) is 9.18 Å². The highest BCUT2D eigenvalue weighted by Gasteiger charge is 1.99. The van der Waals surface area contributed by atoms with E-state index in [2.05, 4.69) is 4.99 Å². The van der Waals surface area contributed by atoms with Crippen LogP contribution in [-0.4, -0.2) is 12.4 Å². The summed E-state index contributed by atoms with van der Waals surface area (Å²) in [5, 5.41) is 0. The Bertz CT molecular complexity index is 110. The molecular formula is C6H10FNO. The molecule has 0 aliphatic carbocycles. The summed E-state index contributed by atoms with van der Waals surface area (Å²) in [6.07, 6.45) is 1.88. The first kappa shape index (κ1) is 8.31. The topological polar surface area (TPSA) is 29.4 Å². The first-order valence-electron chi connectivity index (χ1n) is 3.02. The number of hydrogen-bond donors (Lipinski definition) is 0. The normalized spacial score (nSPS) is 12.2. The molecule has 0 saturated carbocycles. The lowest BCUT2D eigenvalue weighted by molar-refractivity contribution is 0.318. The zero-order valence-electron chi connectivity index (χ0n) is 5.43. The van der Waals surface area contributed by atoms with Crippen molar-refractivity contribution in [2.75, 3.05) is 0 Å². The molecule has 52 valence electrons. The van der Waals surface area contributed by atoms with E-state index in [-0.39, 0.29) is 0 Å². The molecule has 0 N–H and O–H groups in total. The Morgan fingerprint density at radius 2 is 2.44 bits per heavy atom. The quantitative estimate of drug-likeness (QED) is 0.325. The first-order chi connectivity index (χ1) is 4.31. The molecular weight excluding hydrogens is 121 g/mol. The van der Waals surface area contributed by atoms with Gasteiger partial charge in [0.15, 0.2) is 0 Å². The smallest absolute Gasteiger partial charge is 0.221 e. The van der Waals surface area contributed by atoms with Crippen LogP contribution in [0.15, 0.2) is 4.99 Å². The van der Waals surface area contributed by atoms with Gasteiger partial charge in [-0.3, -0.25) is 0 Å². The van der Waals surface area contributed by atoms with Crippen LogP contribution < -0.4 is 0 Å². The number of halogens is 1. The minimum absolute atomic E-state index is 0.339. The van der Waals surface area contributed by atoms with Gasteiger partial charge in [0.2, 0.25) is 12.4 Å². The Hall–Kier alpha value is -0.690. The van der Waals surface area contributed by atoms with E-state index in [4.69, 9.17) is 0 Å². The molecule has 0 rings (SSSR count). The van der Waals surface area contributed by atoms with Gasteiger partial charge in [0.25, 0.3) is 0 Å². The van der Waals surface area contributed by atoms with E-state index in [0.29, 0.717) is 6.42 Å². The van der Waals surface area contributed by atoms with Crippen molar-refractivity contribution in [1.82, 2.24) is 0 Å². The Balaban J connectivity index is 3.26. The lowest BCUT2D eigenvalue weighted by Gasteiger charge is -1.95. The third kappa shape index (κ3) is 5.18. The monoisotopic (exact) mass is 131 g/mol. The summed E-state index contributed by atoms with van der Waals surface area (Å²) >= 11 is 0. The van der Waals surface area contributed by atoms with Crippen molar-refractivity contribution in [3.8, 4) is 0 Å². The van der Waals surface area contributed by atoms with Crippen molar-refractivity contribution >= 4 is 6.08 Å². The lowest BCUT2D eigenvalue weighted by Crippen LogP contribution is -1.93. The number of isocyanates is 1. The minimum atomic E-state index is -1.33. The van der Waals surface area contributed by atoms with Gasteiger partial charge in [0.05, 0.1) is 0 Å². The molecule has 0 aliphatic rings. The van der Waals surface area contributed by atoms with Crippen molar-refractivity contribution in [3.63, 3.8) is 0 Å². The fourth-order valence-corrected chi connectivity index (χ4v) is 0.494. The second kappa shape index (κ2) is 5.45. The molecule has 3 heteroatoms. The Morgan fingerprint density at radius 3 is 2.89 bits per heavy atom. The van der Waals surface area contributed by atoms with Crippen LogP contribution in [0.25, 0.3) is 0 Å². The average Bonchev–Trinajstić information content (AvgIpc) is 1.85. The standard InChI is InChI=1S/C6H10FNO/c1-2-3-4-6(7)8-5-9/h6H,2-4H2,1H3. The van der Waals surface area contributed by atoms with Gasteiger partial charge in [-0.15, -0.1) is 0 Å². The second-order valence-corrected chi connectivity index (χ2v) is 1.80. The molecule has 1 unspecified atom stereocenters. The number of rotatable bonds is 4. The van der Waals surface area contributed by atoms with E-state index in [0.717, 1.165) is 12.8 Å². The first-order valence-corrected chi connectivity index (χ1v) is 3.02. The minimum Gasteiger partial charge on any atom is -0.221 e. The number of hydrogen-bond acceptors (Lipinski definition) is 2. The van der Waals surface area contributed by atoms with Crippen molar-refractivity contribution in [1.29, 1.82) is 0 Å². The predicted octanol–water partition coefficient (Wildman–Crippen LogP) is 1.81. The van der Waals surface area contributed by atoms with E-state index in [1.807, 2.05) is 6.92 Å². The molecule has 9 heavy (non-hydrogen) atoms. The molecule has 0 spiro atoms. The van der Waals surface area contributed by atoms with Gasteiger partial charge >= 0.3 is 0 Å². The van der Waals surface area contributed by atoms with Crippen LogP contribution in [0.4, 0.5) is 4.39 Å². The maximum Gasteiger partial charge on any atom is 0.237 e. The highest BCUT2D eigenvalue weighted by atomic mass is 19.1. The summed E-state index contributed by atoms with van der Waals surface area (Å²) in [5.41, 5.74) is 0. The van der Waals surface area contributed by atoms with E-state index < -0.39 is 6.30 Å². The van der Waals surface area contributed by atoms with Crippen LogP contribution >= 0.6 is 0 Å². The molecule has 0 aromatic heterocycles. The Morgan fingerprint density at radius 1 is 1.78 bits per heavy atom. The van der Waals surface area contributed by atoms with Crippen LogP contribution in [0.2, 0.25) is 0 Å². The maximum absolute atomic E-state index is 12.2. The second-order valence-electron chi connectivity index (χ2n) is 1.80. The van der Waals surface area contributed by atoms with Gasteiger partial charge < -0.3 is 0 Å². The summed E-state index contributed by atoms with van der Waals surface area (Å²) in [6.45, 7) is 1.96. The van der Waals surface area contributed by atoms with Crippen LogP contribution in [0.3, 0.4) is 0 Å². The summed E-state index contributed by atoms with van der Waals surface area (Å²) in [7, 11) is 0. The van der Waals surface area contributed by atoms with Crippen molar-refractivity contribution in [2.24, 2.45) is 4.99 Å². The molecule has 0 aliphatic heterocycles. The molecule has 0 heterocycles. The van der Waals surface area contributed by atoms with Crippen LogP contribution in [0, 0.1) is 0 Å². The molecule has 0 bridgehead atoms. The number of aliphatic imine (C=N–C) groups is 1. The number of unbranched alkanes of at least 4 members (excludes halogenated alkanes) is 1. The number of nitrogens with zero attached hydrogens (tertiary/aromatic N) is 1. The maximum atomic E-state index is 12.2. The third-order valence-electron chi connectivity index (χ3n) is 0.989. The van der Waals surface area contributed by atoms with Crippen molar-refractivity contribution in [3.05, 3.63) is 0 Å². The van der Waals surface area contributed by atoms with E-state index in [1.165, 1.54) is 6.08 Å². The van der Waals surface area contributed by atoms with Crippen molar-refractivity contribution < 1.29 is 9.18 Å². The summed E-state index contributed by atoms with van der Waals surface area (Å²) in [4.78, 5) is 12.3. The Kier molecular flexibility index (Phi) is 5.03. The fourth-order valence-electron chi connectivity index (χ4n) is 0.494. The molecule has 2 nitrogen and oxygen atoms in total. The number of alkyl halides is 1. The SMILES string of the molecule is CCCCC(F)N=C=O. The van der Waals surface area contributed by atoms with Gasteiger partial charge in [-0.2, -0.15) is 4.99 Å². The highest BCUT2D eigenvalue weighted by molar-refractivity contribution is 5.33. The lowest BCUT2D eigenvalue weighted by atomic mass is 10.2. The highest BCUT2D eigenvalue weighted by Crippen LogP contribution is 2.03. The molecule has 0 aromatic rings. The fraction of sp³-hybridized carbons (Fsp3) is 0.833. The van der Waals surface area contributed by atoms with E-state index in [9.17, 15) is 9.18 Å². The van der Waals surface area contributed by atoms with Gasteiger partial charge in [0, 0.05) is 0 Å². The zero-order valence-corrected chi connectivity index (χ0v) is 5.43. The summed E-state index contributed by atoms with van der Waals surface area (Å²) in [5.74, 6) is 0. The molecule has 0 saturated heterocycles. The van der Waals surface area contributed by atoms with E-state index in [1.54, 1.807) is 0 Å². The molecule has 0 fully saturated rings. The summed E-state index contributed by atoms with van der Waals surface area (Å²) < 4.78 is 12.2. The molecule has 0 amide bonds. The average molecular weight is 131 g/mol. The van der Waals surface area contributed by atoms with Crippen LogP contribution in [0.5, 0.6) is 0 Å². The van der Waals surface area contributed by atoms with Gasteiger partial charge in [0.1, 0.15) is 0 Å². The van der Waals surface area contributed by atoms with Crippen LogP contribution in [0.1, 0.15) is 26.2 Å². The largest absolute Gasteiger partial charge is 0.237 e. The predicted molar refractivity (Wildman–Crippen MR) is 32.5 cm³/mol. The Labute approximate surface area is 53.8 Å². The zero-order chi connectivity index (χ0) is 7.11. The van der Waals surface area contributed by atoms with Crippen molar-refractivity contribution in [2.45, 2.75) is 32.5 Å².